The van der Waals surface area contributed by atoms with Crippen molar-refractivity contribution >= 4 is 22.9 Å². The number of hydrogen-bond acceptors (Lipinski definition) is 4. The lowest BCUT2D eigenvalue weighted by molar-refractivity contribution is -0.141. The van der Waals surface area contributed by atoms with E-state index in [0.29, 0.717) is 18.0 Å². The normalized spacial score (nSPS) is 19.7. The number of aryl methyl sites for hydroxylation is 1. The van der Waals surface area contributed by atoms with Gasteiger partial charge in [-0.1, -0.05) is 6.07 Å². The van der Waals surface area contributed by atoms with Crippen molar-refractivity contribution in [3.63, 3.8) is 0 Å². The fourth-order valence-electron chi connectivity index (χ4n) is 2.02. The molecule has 6 heteroatoms. The van der Waals surface area contributed by atoms with Crippen LogP contribution in [0, 0.1) is 6.92 Å². The molecule has 2 N–H and O–H groups in total. The Hall–Kier alpha value is -2.37. The molecule has 92 valence electrons. The summed E-state index contributed by atoms with van der Waals surface area (Å²) in [6.07, 6.45) is 0. The molecule has 2 aromatic rings. The number of piperazine rings is 1. The first-order valence-corrected chi connectivity index (χ1v) is 5.59. The fourth-order valence-corrected chi connectivity index (χ4v) is 2.02. The number of carbonyl (C=O) groups excluding carboxylic acids is 2. The second-order valence-corrected chi connectivity index (χ2v) is 4.20. The van der Waals surface area contributed by atoms with E-state index in [1.165, 1.54) is 0 Å². The minimum absolute atomic E-state index is 0.231. The van der Waals surface area contributed by atoms with Crippen LogP contribution < -0.4 is 10.6 Å². The number of benzene rings is 1. The summed E-state index contributed by atoms with van der Waals surface area (Å²) in [6.45, 7) is 2.16. The summed E-state index contributed by atoms with van der Waals surface area (Å²) in [5, 5.41) is 5.18. The highest BCUT2D eigenvalue weighted by molar-refractivity contribution is 6.35. The molecule has 0 bridgehead atoms. The maximum atomic E-state index is 11.3. The molecule has 1 atom stereocenters. The van der Waals surface area contributed by atoms with Crippen LogP contribution in [-0.2, 0) is 9.59 Å². The van der Waals surface area contributed by atoms with Gasteiger partial charge >= 0.3 is 11.8 Å². The lowest BCUT2D eigenvalue weighted by atomic mass is 10.0. The first-order valence-electron chi connectivity index (χ1n) is 5.59. The van der Waals surface area contributed by atoms with Crippen LogP contribution in [0.15, 0.2) is 22.6 Å². The van der Waals surface area contributed by atoms with Crippen molar-refractivity contribution in [2.24, 2.45) is 0 Å². The van der Waals surface area contributed by atoms with Crippen LogP contribution in [-0.4, -0.2) is 23.3 Å². The van der Waals surface area contributed by atoms with E-state index in [1.807, 2.05) is 18.2 Å². The van der Waals surface area contributed by atoms with Gasteiger partial charge in [0.2, 0.25) is 0 Å². The average molecular weight is 245 g/mol. The van der Waals surface area contributed by atoms with Crippen molar-refractivity contribution in [1.82, 2.24) is 15.6 Å². The van der Waals surface area contributed by atoms with Crippen LogP contribution in [0.5, 0.6) is 0 Å². The molecule has 1 fully saturated rings. The van der Waals surface area contributed by atoms with Crippen LogP contribution in [0.3, 0.4) is 0 Å². The van der Waals surface area contributed by atoms with E-state index in [4.69, 9.17) is 4.42 Å². The Labute approximate surface area is 102 Å². The SMILES string of the molecule is Cc1nc2ccc(C3CNC(=O)C(=O)N3)cc2o1. The molecule has 1 unspecified atom stereocenters. The van der Waals surface area contributed by atoms with Crippen molar-refractivity contribution in [1.29, 1.82) is 0 Å². The van der Waals surface area contributed by atoms with Gasteiger partial charge in [0.05, 0.1) is 6.04 Å². The summed E-state index contributed by atoms with van der Waals surface area (Å²) in [5.74, 6) is -0.605. The Morgan fingerprint density at radius 3 is 2.94 bits per heavy atom. The Morgan fingerprint density at radius 2 is 2.17 bits per heavy atom. The van der Waals surface area contributed by atoms with Crippen molar-refractivity contribution < 1.29 is 14.0 Å². The number of aromatic nitrogens is 1. The smallest absolute Gasteiger partial charge is 0.309 e. The van der Waals surface area contributed by atoms with Crippen LogP contribution in [0.25, 0.3) is 11.1 Å². The number of nitrogens with one attached hydrogen (secondary N) is 2. The monoisotopic (exact) mass is 245 g/mol. The average Bonchev–Trinajstić information content (AvgIpc) is 2.71. The van der Waals surface area contributed by atoms with E-state index in [-0.39, 0.29) is 6.04 Å². The molecule has 0 spiro atoms. The number of fused-ring (bicyclic) bond motifs is 1. The number of hydrogen-bond donors (Lipinski definition) is 2. The van der Waals surface area contributed by atoms with Gasteiger partial charge in [0.15, 0.2) is 11.5 Å². The predicted octanol–water partition coefficient (Wildman–Crippen LogP) is 0.423. The van der Waals surface area contributed by atoms with Gasteiger partial charge in [-0.25, -0.2) is 4.98 Å². The molecular formula is C12H11N3O3. The number of rotatable bonds is 1. The summed E-state index contributed by atoms with van der Waals surface area (Å²) in [7, 11) is 0. The van der Waals surface area contributed by atoms with E-state index in [9.17, 15) is 9.59 Å². The second kappa shape index (κ2) is 3.83. The molecule has 0 aliphatic carbocycles. The van der Waals surface area contributed by atoms with E-state index in [1.54, 1.807) is 6.92 Å². The van der Waals surface area contributed by atoms with E-state index >= 15 is 0 Å². The Morgan fingerprint density at radius 1 is 1.33 bits per heavy atom. The fraction of sp³-hybridized carbons (Fsp3) is 0.250. The summed E-state index contributed by atoms with van der Waals surface area (Å²) < 4.78 is 5.44. The minimum atomic E-state index is -0.611. The molecule has 18 heavy (non-hydrogen) atoms. The van der Waals surface area contributed by atoms with Gasteiger partial charge in [-0.3, -0.25) is 9.59 Å². The third-order valence-electron chi connectivity index (χ3n) is 2.90. The maximum absolute atomic E-state index is 11.3. The molecule has 0 radical (unpaired) electrons. The Balaban J connectivity index is 1.94. The van der Waals surface area contributed by atoms with Crippen molar-refractivity contribution in [2.45, 2.75) is 13.0 Å². The quantitative estimate of drug-likeness (QED) is 0.713. The minimum Gasteiger partial charge on any atom is -0.441 e. The van der Waals surface area contributed by atoms with Gasteiger partial charge in [0.25, 0.3) is 0 Å². The lowest BCUT2D eigenvalue weighted by Gasteiger charge is -2.23. The van der Waals surface area contributed by atoms with Gasteiger partial charge in [0.1, 0.15) is 5.52 Å². The molecule has 2 heterocycles. The Kier molecular flexibility index (Phi) is 2.29. The highest BCUT2D eigenvalue weighted by Crippen LogP contribution is 2.21. The van der Waals surface area contributed by atoms with E-state index < -0.39 is 11.8 Å². The molecule has 2 amide bonds. The highest BCUT2D eigenvalue weighted by Gasteiger charge is 2.26. The third kappa shape index (κ3) is 1.71. The molecule has 1 aromatic heterocycles. The third-order valence-corrected chi connectivity index (χ3v) is 2.90. The standard InChI is InChI=1S/C12H11N3O3/c1-6-14-8-3-2-7(4-10(8)18-6)9-5-13-11(16)12(17)15-9/h2-4,9H,5H2,1H3,(H,13,16)(H,15,17). The lowest BCUT2D eigenvalue weighted by Crippen LogP contribution is -2.51. The Bertz CT molecular complexity index is 647. The largest absolute Gasteiger partial charge is 0.441 e. The van der Waals surface area contributed by atoms with Crippen LogP contribution in [0.2, 0.25) is 0 Å². The summed E-state index contributed by atoms with van der Waals surface area (Å²) in [5.41, 5.74) is 2.34. The van der Waals surface area contributed by atoms with E-state index in [2.05, 4.69) is 15.6 Å². The van der Waals surface area contributed by atoms with Crippen LogP contribution in [0.4, 0.5) is 0 Å². The van der Waals surface area contributed by atoms with Crippen LogP contribution in [0.1, 0.15) is 17.5 Å². The summed E-state index contributed by atoms with van der Waals surface area (Å²) >= 11 is 0. The summed E-state index contributed by atoms with van der Waals surface area (Å²) in [6, 6.07) is 5.30. The predicted molar refractivity (Wildman–Crippen MR) is 62.6 cm³/mol. The topological polar surface area (TPSA) is 84.2 Å². The molecule has 1 saturated heterocycles. The van der Waals surface area contributed by atoms with Crippen LogP contribution >= 0.6 is 0 Å². The highest BCUT2D eigenvalue weighted by atomic mass is 16.3. The molecule has 1 aromatic carbocycles. The molecule has 6 nitrogen and oxygen atoms in total. The summed E-state index contributed by atoms with van der Waals surface area (Å²) in [4.78, 5) is 26.5. The van der Waals surface area contributed by atoms with E-state index in [0.717, 1.165) is 11.1 Å². The van der Waals surface area contributed by atoms with Gasteiger partial charge in [-0.05, 0) is 17.7 Å². The van der Waals surface area contributed by atoms with Gasteiger partial charge < -0.3 is 15.1 Å². The number of carbonyl (C=O) groups is 2. The zero-order valence-electron chi connectivity index (χ0n) is 9.69. The molecule has 0 saturated carbocycles. The maximum Gasteiger partial charge on any atom is 0.309 e. The van der Waals surface area contributed by atoms with Gasteiger partial charge in [-0.2, -0.15) is 0 Å². The molecule has 1 aliphatic rings. The van der Waals surface area contributed by atoms with Crippen molar-refractivity contribution in [2.75, 3.05) is 6.54 Å². The number of oxazole rings is 1. The molecule has 1 aliphatic heterocycles. The van der Waals surface area contributed by atoms with Crippen molar-refractivity contribution in [3.05, 3.63) is 29.7 Å². The molecule has 3 rings (SSSR count). The molecular weight excluding hydrogens is 234 g/mol. The first-order chi connectivity index (χ1) is 8.63. The van der Waals surface area contributed by atoms with Gasteiger partial charge in [0, 0.05) is 13.5 Å². The zero-order chi connectivity index (χ0) is 12.7. The number of nitrogens with zero attached hydrogens (tertiary/aromatic N) is 1. The number of amides is 2. The van der Waals surface area contributed by atoms with Crippen molar-refractivity contribution in [3.8, 4) is 0 Å². The zero-order valence-corrected chi connectivity index (χ0v) is 9.69. The first kappa shape index (κ1) is 10.8. The van der Waals surface area contributed by atoms with Gasteiger partial charge in [-0.15, -0.1) is 0 Å². The second-order valence-electron chi connectivity index (χ2n) is 4.20.